The number of benzene rings is 1. The zero-order valence-corrected chi connectivity index (χ0v) is 15.3. The fraction of sp³-hybridized carbons (Fsp3) is 0.625. The van der Waals surface area contributed by atoms with Crippen molar-refractivity contribution in [3.63, 3.8) is 0 Å². The summed E-state index contributed by atoms with van der Waals surface area (Å²) in [5, 5.41) is 13.9. The molecule has 1 saturated heterocycles. The van der Waals surface area contributed by atoms with Crippen molar-refractivity contribution >= 4 is 36.4 Å². The van der Waals surface area contributed by atoms with Crippen molar-refractivity contribution in [2.24, 2.45) is 5.92 Å². The predicted molar refractivity (Wildman–Crippen MR) is 96.7 cm³/mol. The van der Waals surface area contributed by atoms with Gasteiger partial charge in [-0.1, -0.05) is 24.4 Å². The Bertz CT molecular complexity index is 506. The third-order valence-electron chi connectivity index (χ3n) is 4.77. The lowest BCUT2D eigenvalue weighted by molar-refractivity contribution is 0.123. The van der Waals surface area contributed by atoms with E-state index in [4.69, 9.17) is 11.6 Å². The average molecular weight is 386 g/mol. The number of piperazine rings is 1. The highest BCUT2D eigenvalue weighted by Crippen LogP contribution is 2.43. The van der Waals surface area contributed by atoms with Gasteiger partial charge in [0.15, 0.2) is 11.6 Å². The fourth-order valence-electron chi connectivity index (χ4n) is 3.79. The molecule has 0 unspecified atom stereocenters. The highest BCUT2D eigenvalue weighted by molar-refractivity contribution is 6.30. The molecule has 1 heterocycles. The zero-order valence-electron chi connectivity index (χ0n) is 12.9. The molecule has 1 saturated carbocycles. The second-order valence-corrected chi connectivity index (χ2v) is 6.54. The largest absolute Gasteiger partial charge is 0.505 e. The molecule has 0 spiro atoms. The molecule has 23 heavy (non-hydrogen) atoms. The van der Waals surface area contributed by atoms with Crippen molar-refractivity contribution in [2.75, 3.05) is 26.2 Å². The highest BCUT2D eigenvalue weighted by atomic mass is 35.5. The summed E-state index contributed by atoms with van der Waals surface area (Å²) in [4.78, 5) is 2.37. The lowest BCUT2D eigenvalue weighted by atomic mass is 9.89. The Hall–Kier alpha value is -0.260. The van der Waals surface area contributed by atoms with Crippen LogP contribution in [-0.4, -0.2) is 36.2 Å². The molecular formula is C16H24Cl3FN2O. The molecule has 0 aromatic heterocycles. The topological polar surface area (TPSA) is 35.5 Å². The number of rotatable bonds is 3. The van der Waals surface area contributed by atoms with Gasteiger partial charge in [-0.3, -0.25) is 4.90 Å². The van der Waals surface area contributed by atoms with Crippen LogP contribution >= 0.6 is 36.4 Å². The minimum Gasteiger partial charge on any atom is -0.505 e. The molecule has 1 atom stereocenters. The van der Waals surface area contributed by atoms with Crippen LogP contribution in [-0.2, 0) is 0 Å². The maximum atomic E-state index is 13.9. The van der Waals surface area contributed by atoms with Gasteiger partial charge in [0, 0.05) is 42.8 Å². The fourth-order valence-corrected chi connectivity index (χ4v) is 4.01. The van der Waals surface area contributed by atoms with Gasteiger partial charge in [0.25, 0.3) is 0 Å². The number of nitrogens with zero attached hydrogens (tertiary/aromatic N) is 1. The second-order valence-electron chi connectivity index (χ2n) is 6.10. The van der Waals surface area contributed by atoms with E-state index in [1.807, 2.05) is 0 Å². The number of hydrogen-bond donors (Lipinski definition) is 2. The summed E-state index contributed by atoms with van der Waals surface area (Å²) in [5.74, 6) is -0.364. The van der Waals surface area contributed by atoms with E-state index in [0.29, 0.717) is 16.5 Å². The number of halogens is 4. The lowest BCUT2D eigenvalue weighted by Crippen LogP contribution is -2.46. The average Bonchev–Trinajstić information content (AvgIpc) is 2.99. The van der Waals surface area contributed by atoms with Crippen molar-refractivity contribution < 1.29 is 9.50 Å². The van der Waals surface area contributed by atoms with Gasteiger partial charge in [0.2, 0.25) is 0 Å². The van der Waals surface area contributed by atoms with Gasteiger partial charge in [-0.25, -0.2) is 4.39 Å². The number of nitrogens with one attached hydrogen (secondary N) is 1. The SMILES string of the molecule is Cl.Cl.Oc1c(F)cc(Cl)cc1[C@@H](C1CCCC1)N1CCNCC1. The van der Waals surface area contributed by atoms with Gasteiger partial charge in [-0.05, 0) is 30.9 Å². The van der Waals surface area contributed by atoms with E-state index in [2.05, 4.69) is 10.2 Å². The lowest BCUT2D eigenvalue weighted by Gasteiger charge is -2.39. The van der Waals surface area contributed by atoms with Gasteiger partial charge >= 0.3 is 0 Å². The van der Waals surface area contributed by atoms with Crippen LogP contribution in [0.25, 0.3) is 0 Å². The quantitative estimate of drug-likeness (QED) is 0.820. The molecule has 1 aliphatic carbocycles. The molecule has 3 rings (SSSR count). The van der Waals surface area contributed by atoms with Crippen LogP contribution in [0.4, 0.5) is 4.39 Å². The Labute approximate surface area is 154 Å². The van der Waals surface area contributed by atoms with Crippen LogP contribution < -0.4 is 5.32 Å². The van der Waals surface area contributed by atoms with Gasteiger partial charge in [0.1, 0.15) is 0 Å². The first-order chi connectivity index (χ1) is 10.2. The monoisotopic (exact) mass is 384 g/mol. The number of phenols is 1. The first-order valence-electron chi connectivity index (χ1n) is 7.79. The van der Waals surface area contributed by atoms with Crippen molar-refractivity contribution in [3.8, 4) is 5.75 Å². The van der Waals surface area contributed by atoms with E-state index >= 15 is 0 Å². The molecule has 0 amide bonds. The molecule has 0 radical (unpaired) electrons. The van der Waals surface area contributed by atoms with Crippen LogP contribution in [0, 0.1) is 11.7 Å². The number of phenolic OH excluding ortho intramolecular Hbond substituents is 1. The molecule has 2 N–H and O–H groups in total. The van der Waals surface area contributed by atoms with Crippen molar-refractivity contribution in [1.82, 2.24) is 10.2 Å². The van der Waals surface area contributed by atoms with Crippen molar-refractivity contribution in [1.29, 1.82) is 0 Å². The standard InChI is InChI=1S/C16H22ClFN2O.2ClH/c17-12-9-13(16(21)14(18)10-12)15(11-3-1-2-4-11)20-7-5-19-6-8-20;;/h9-11,15,19,21H,1-8H2;2*1H/t15-;;/m1../s1. The van der Waals surface area contributed by atoms with E-state index < -0.39 is 5.82 Å². The normalized spacial score (nSPS) is 20.6. The van der Waals surface area contributed by atoms with E-state index in [1.54, 1.807) is 6.07 Å². The maximum absolute atomic E-state index is 13.9. The molecular weight excluding hydrogens is 362 g/mol. The molecule has 2 fully saturated rings. The first kappa shape index (κ1) is 20.8. The smallest absolute Gasteiger partial charge is 0.166 e. The summed E-state index contributed by atoms with van der Waals surface area (Å²) in [5.41, 5.74) is 0.661. The number of hydrogen-bond acceptors (Lipinski definition) is 3. The van der Waals surface area contributed by atoms with Crippen molar-refractivity contribution in [2.45, 2.75) is 31.7 Å². The Morgan fingerprint density at radius 2 is 1.78 bits per heavy atom. The van der Waals surface area contributed by atoms with E-state index in [-0.39, 0.29) is 36.6 Å². The minimum atomic E-state index is -0.615. The van der Waals surface area contributed by atoms with E-state index in [9.17, 15) is 9.50 Å². The first-order valence-corrected chi connectivity index (χ1v) is 8.17. The summed E-state index contributed by atoms with van der Waals surface area (Å²) in [6.07, 6.45) is 4.72. The van der Waals surface area contributed by atoms with Crippen LogP contribution in [0.3, 0.4) is 0 Å². The Morgan fingerprint density at radius 3 is 2.39 bits per heavy atom. The minimum absolute atomic E-state index is 0. The van der Waals surface area contributed by atoms with Crippen LogP contribution in [0.1, 0.15) is 37.3 Å². The molecule has 132 valence electrons. The molecule has 3 nitrogen and oxygen atoms in total. The summed E-state index contributed by atoms with van der Waals surface area (Å²) < 4.78 is 13.9. The van der Waals surface area contributed by atoms with E-state index in [0.717, 1.165) is 39.0 Å². The molecule has 1 aliphatic heterocycles. The molecule has 7 heteroatoms. The van der Waals surface area contributed by atoms with Gasteiger partial charge in [-0.2, -0.15) is 0 Å². The van der Waals surface area contributed by atoms with Gasteiger partial charge < -0.3 is 10.4 Å². The Balaban J connectivity index is 0.00000132. The Kier molecular flexibility index (Phi) is 8.39. The number of aromatic hydroxyl groups is 1. The molecule has 1 aromatic rings. The second kappa shape index (κ2) is 9.28. The van der Waals surface area contributed by atoms with Crippen LogP contribution in [0.2, 0.25) is 5.02 Å². The Morgan fingerprint density at radius 1 is 1.17 bits per heavy atom. The molecule has 1 aromatic carbocycles. The van der Waals surface area contributed by atoms with Crippen molar-refractivity contribution in [3.05, 3.63) is 28.5 Å². The van der Waals surface area contributed by atoms with Crippen LogP contribution in [0.5, 0.6) is 5.75 Å². The van der Waals surface area contributed by atoms with Crippen LogP contribution in [0.15, 0.2) is 12.1 Å². The summed E-state index contributed by atoms with van der Waals surface area (Å²) in [7, 11) is 0. The zero-order chi connectivity index (χ0) is 14.8. The maximum Gasteiger partial charge on any atom is 0.166 e. The highest BCUT2D eigenvalue weighted by Gasteiger charge is 2.34. The van der Waals surface area contributed by atoms with E-state index in [1.165, 1.54) is 18.9 Å². The molecule has 2 aliphatic rings. The van der Waals surface area contributed by atoms with Gasteiger partial charge in [-0.15, -0.1) is 24.8 Å². The van der Waals surface area contributed by atoms with Gasteiger partial charge in [0.05, 0.1) is 0 Å². The molecule has 0 bridgehead atoms. The summed E-state index contributed by atoms with van der Waals surface area (Å²) in [6.45, 7) is 3.73. The third kappa shape index (κ3) is 4.64. The summed E-state index contributed by atoms with van der Waals surface area (Å²) >= 11 is 6.03. The third-order valence-corrected chi connectivity index (χ3v) is 4.99. The summed E-state index contributed by atoms with van der Waals surface area (Å²) in [6, 6.07) is 3.00. The predicted octanol–water partition coefficient (Wildman–Crippen LogP) is 4.16.